The van der Waals surface area contributed by atoms with Crippen LogP contribution in [0.5, 0.6) is 0 Å². The SMILES string of the molecule is Cc1cc(C)c(-c2nc(Cl)nc(N3CCCC3)n2)cc1C. The minimum absolute atomic E-state index is 0.263. The Balaban J connectivity index is 2.08. The molecule has 1 aliphatic heterocycles. The average molecular weight is 303 g/mol. The van der Waals surface area contributed by atoms with Gasteiger partial charge in [-0.1, -0.05) is 6.07 Å². The van der Waals surface area contributed by atoms with Crippen LogP contribution >= 0.6 is 11.6 Å². The zero-order valence-electron chi connectivity index (χ0n) is 12.6. The summed E-state index contributed by atoms with van der Waals surface area (Å²) in [4.78, 5) is 15.4. The summed E-state index contributed by atoms with van der Waals surface area (Å²) in [5.41, 5.74) is 4.70. The lowest BCUT2D eigenvalue weighted by molar-refractivity contribution is 0.882. The van der Waals surface area contributed by atoms with Crippen molar-refractivity contribution in [1.29, 1.82) is 0 Å². The predicted octanol–water partition coefficient (Wildman–Crippen LogP) is 3.72. The molecular weight excluding hydrogens is 284 g/mol. The maximum absolute atomic E-state index is 6.11. The summed E-state index contributed by atoms with van der Waals surface area (Å²) in [6.45, 7) is 8.27. The quantitative estimate of drug-likeness (QED) is 0.848. The highest BCUT2D eigenvalue weighted by Crippen LogP contribution is 2.26. The molecule has 0 saturated carbocycles. The van der Waals surface area contributed by atoms with Crippen LogP contribution in [0.4, 0.5) is 5.95 Å². The Morgan fingerprint density at radius 1 is 0.905 bits per heavy atom. The monoisotopic (exact) mass is 302 g/mol. The third-order valence-electron chi connectivity index (χ3n) is 4.07. The Hall–Kier alpha value is -1.68. The zero-order valence-corrected chi connectivity index (χ0v) is 13.4. The number of anilines is 1. The van der Waals surface area contributed by atoms with Gasteiger partial charge in [0.25, 0.3) is 0 Å². The van der Waals surface area contributed by atoms with Gasteiger partial charge in [-0.2, -0.15) is 15.0 Å². The molecule has 1 aromatic heterocycles. The van der Waals surface area contributed by atoms with E-state index in [9.17, 15) is 0 Å². The van der Waals surface area contributed by atoms with E-state index >= 15 is 0 Å². The molecule has 1 aromatic carbocycles. The van der Waals surface area contributed by atoms with Crippen LogP contribution in [0.3, 0.4) is 0 Å². The normalized spacial score (nSPS) is 14.8. The van der Waals surface area contributed by atoms with Crippen molar-refractivity contribution in [3.05, 3.63) is 34.1 Å². The predicted molar refractivity (Wildman–Crippen MR) is 85.9 cm³/mol. The van der Waals surface area contributed by atoms with Gasteiger partial charge in [0.2, 0.25) is 11.2 Å². The maximum atomic E-state index is 6.11. The molecule has 3 rings (SSSR count). The van der Waals surface area contributed by atoms with E-state index < -0.39 is 0 Å². The number of aromatic nitrogens is 3. The fourth-order valence-electron chi connectivity index (χ4n) is 2.72. The second-order valence-corrected chi connectivity index (χ2v) is 6.01. The van der Waals surface area contributed by atoms with Crippen LogP contribution in [0, 0.1) is 20.8 Å². The Morgan fingerprint density at radius 2 is 1.57 bits per heavy atom. The average Bonchev–Trinajstić information content (AvgIpc) is 2.96. The Morgan fingerprint density at radius 3 is 2.29 bits per heavy atom. The lowest BCUT2D eigenvalue weighted by Gasteiger charge is -2.16. The maximum Gasteiger partial charge on any atom is 0.230 e. The molecule has 21 heavy (non-hydrogen) atoms. The summed E-state index contributed by atoms with van der Waals surface area (Å²) in [5.74, 6) is 1.36. The van der Waals surface area contributed by atoms with Crippen molar-refractivity contribution in [1.82, 2.24) is 15.0 Å². The van der Waals surface area contributed by atoms with E-state index in [1.807, 2.05) is 0 Å². The molecule has 0 N–H and O–H groups in total. The molecule has 1 fully saturated rings. The van der Waals surface area contributed by atoms with Crippen LogP contribution in [0.25, 0.3) is 11.4 Å². The van der Waals surface area contributed by atoms with Crippen LogP contribution in [0.2, 0.25) is 5.28 Å². The van der Waals surface area contributed by atoms with Gasteiger partial charge in [-0.15, -0.1) is 0 Å². The van der Waals surface area contributed by atoms with Gasteiger partial charge in [0.05, 0.1) is 0 Å². The van der Waals surface area contributed by atoms with Crippen LogP contribution in [-0.2, 0) is 0 Å². The van der Waals surface area contributed by atoms with Gasteiger partial charge in [-0.3, -0.25) is 0 Å². The fourth-order valence-corrected chi connectivity index (χ4v) is 2.88. The van der Waals surface area contributed by atoms with E-state index in [2.05, 4.69) is 52.8 Å². The highest BCUT2D eigenvalue weighted by Gasteiger charge is 2.18. The molecule has 2 aromatic rings. The molecule has 4 nitrogen and oxygen atoms in total. The first-order valence-corrected chi connectivity index (χ1v) is 7.67. The minimum atomic E-state index is 0.263. The van der Waals surface area contributed by atoms with Gasteiger partial charge in [-0.25, -0.2) is 0 Å². The Labute approximate surface area is 130 Å². The number of halogens is 1. The highest BCUT2D eigenvalue weighted by atomic mass is 35.5. The van der Waals surface area contributed by atoms with Crippen LogP contribution in [0.1, 0.15) is 29.5 Å². The zero-order chi connectivity index (χ0) is 15.0. The van der Waals surface area contributed by atoms with Crippen molar-refractivity contribution in [2.45, 2.75) is 33.6 Å². The van der Waals surface area contributed by atoms with Crippen LogP contribution < -0.4 is 4.90 Å². The number of hydrogen-bond donors (Lipinski definition) is 0. The van der Waals surface area contributed by atoms with Gasteiger partial charge in [-0.05, 0) is 68.0 Å². The van der Waals surface area contributed by atoms with E-state index in [1.54, 1.807) is 0 Å². The van der Waals surface area contributed by atoms with Gasteiger partial charge in [0.15, 0.2) is 5.82 Å². The third-order valence-corrected chi connectivity index (χ3v) is 4.24. The van der Waals surface area contributed by atoms with Crippen LogP contribution in [0.15, 0.2) is 12.1 Å². The van der Waals surface area contributed by atoms with Crippen molar-refractivity contribution in [2.24, 2.45) is 0 Å². The minimum Gasteiger partial charge on any atom is -0.341 e. The van der Waals surface area contributed by atoms with Crippen molar-refractivity contribution >= 4 is 17.5 Å². The van der Waals surface area contributed by atoms with Crippen molar-refractivity contribution < 1.29 is 0 Å². The van der Waals surface area contributed by atoms with Gasteiger partial charge < -0.3 is 4.90 Å². The molecule has 5 heteroatoms. The Kier molecular flexibility index (Phi) is 3.81. The highest BCUT2D eigenvalue weighted by molar-refractivity contribution is 6.28. The largest absolute Gasteiger partial charge is 0.341 e. The van der Waals surface area contributed by atoms with Gasteiger partial charge >= 0.3 is 0 Å². The van der Waals surface area contributed by atoms with Crippen LogP contribution in [-0.4, -0.2) is 28.0 Å². The molecule has 0 spiro atoms. The number of benzene rings is 1. The summed E-state index contributed by atoms with van der Waals surface area (Å²) in [7, 11) is 0. The standard InChI is InChI=1S/C16H19ClN4/c1-10-8-12(3)13(9-11(10)2)14-18-15(17)20-16(19-14)21-6-4-5-7-21/h8-9H,4-7H2,1-3H3. The lowest BCUT2D eigenvalue weighted by atomic mass is 10.0. The van der Waals surface area contributed by atoms with E-state index in [4.69, 9.17) is 11.6 Å². The topological polar surface area (TPSA) is 41.9 Å². The van der Waals surface area contributed by atoms with Crippen molar-refractivity contribution in [3.8, 4) is 11.4 Å². The molecule has 0 amide bonds. The second-order valence-electron chi connectivity index (χ2n) is 5.67. The van der Waals surface area contributed by atoms with Gasteiger partial charge in [0.1, 0.15) is 0 Å². The molecular formula is C16H19ClN4. The molecule has 1 saturated heterocycles. The lowest BCUT2D eigenvalue weighted by Crippen LogP contribution is -2.21. The summed E-state index contributed by atoms with van der Waals surface area (Å²) in [6.07, 6.45) is 2.36. The van der Waals surface area contributed by atoms with Gasteiger partial charge in [0, 0.05) is 18.7 Å². The Bertz CT molecular complexity index is 678. The molecule has 1 aliphatic rings. The third kappa shape index (κ3) is 2.86. The summed E-state index contributed by atoms with van der Waals surface area (Å²) < 4.78 is 0. The second kappa shape index (κ2) is 5.60. The summed E-state index contributed by atoms with van der Waals surface area (Å²) in [6, 6.07) is 4.29. The van der Waals surface area contributed by atoms with Crippen molar-refractivity contribution in [3.63, 3.8) is 0 Å². The molecule has 0 radical (unpaired) electrons. The molecule has 0 bridgehead atoms. The van der Waals surface area contributed by atoms with E-state index in [1.165, 1.54) is 24.0 Å². The summed E-state index contributed by atoms with van der Waals surface area (Å²) in [5, 5.41) is 0.263. The molecule has 110 valence electrons. The first-order chi connectivity index (χ1) is 10.0. The molecule has 2 heterocycles. The first kappa shape index (κ1) is 14.3. The molecule has 0 atom stereocenters. The molecule has 0 unspecified atom stereocenters. The van der Waals surface area contributed by atoms with E-state index in [0.29, 0.717) is 11.8 Å². The van der Waals surface area contributed by atoms with E-state index in [0.717, 1.165) is 24.2 Å². The number of aryl methyl sites for hydroxylation is 3. The number of nitrogens with zero attached hydrogens (tertiary/aromatic N) is 4. The van der Waals surface area contributed by atoms with Crippen molar-refractivity contribution in [2.75, 3.05) is 18.0 Å². The summed E-state index contributed by atoms with van der Waals surface area (Å²) >= 11 is 6.11. The first-order valence-electron chi connectivity index (χ1n) is 7.29. The number of rotatable bonds is 2. The number of hydrogen-bond acceptors (Lipinski definition) is 4. The molecule has 0 aliphatic carbocycles. The van der Waals surface area contributed by atoms with E-state index in [-0.39, 0.29) is 5.28 Å². The fraction of sp³-hybridized carbons (Fsp3) is 0.438. The smallest absolute Gasteiger partial charge is 0.230 e.